The lowest BCUT2D eigenvalue weighted by Gasteiger charge is -2.08. The molecule has 0 heterocycles. The Bertz CT molecular complexity index is 521. The molecule has 0 aliphatic rings. The summed E-state index contributed by atoms with van der Waals surface area (Å²) in [4.78, 5) is 0. The average molecular weight is 306 g/mol. The summed E-state index contributed by atoms with van der Waals surface area (Å²) < 4.78 is 51.9. The Morgan fingerprint density at radius 1 is 1.20 bits per heavy atom. The second-order valence-electron chi connectivity index (χ2n) is 4.48. The Labute approximate surface area is 118 Å². The number of nitrogens with one attached hydrogen (secondary N) is 2. The normalized spacial score (nSPS) is 11.8. The van der Waals surface area contributed by atoms with Crippen LogP contribution in [0.3, 0.4) is 0 Å². The Balaban J connectivity index is 2.41. The van der Waals surface area contributed by atoms with E-state index in [1.54, 1.807) is 0 Å². The lowest BCUT2D eigenvalue weighted by molar-refractivity contribution is 0.563. The monoisotopic (exact) mass is 306 g/mol. The third-order valence-corrected chi connectivity index (χ3v) is 4.09. The Morgan fingerprint density at radius 2 is 1.95 bits per heavy atom. The van der Waals surface area contributed by atoms with Gasteiger partial charge in [-0.25, -0.2) is 21.9 Å². The van der Waals surface area contributed by atoms with Crippen molar-refractivity contribution in [2.24, 2.45) is 0 Å². The van der Waals surface area contributed by atoms with Gasteiger partial charge in [-0.1, -0.05) is 6.92 Å². The smallest absolute Gasteiger partial charge is 0.211 e. The molecular formula is C13H20F2N2O2S. The number of rotatable bonds is 9. The van der Waals surface area contributed by atoms with Crippen molar-refractivity contribution >= 4 is 10.0 Å². The van der Waals surface area contributed by atoms with Crippen LogP contribution >= 0.6 is 0 Å². The number of halogens is 2. The van der Waals surface area contributed by atoms with Gasteiger partial charge in [-0.15, -0.1) is 0 Å². The van der Waals surface area contributed by atoms with Crippen molar-refractivity contribution in [2.45, 2.75) is 26.3 Å². The van der Waals surface area contributed by atoms with Crippen LogP contribution in [0.25, 0.3) is 0 Å². The van der Waals surface area contributed by atoms with Gasteiger partial charge in [-0.2, -0.15) is 0 Å². The van der Waals surface area contributed by atoms with E-state index in [1.165, 1.54) is 0 Å². The van der Waals surface area contributed by atoms with Gasteiger partial charge in [-0.3, -0.25) is 0 Å². The molecule has 0 saturated carbocycles. The van der Waals surface area contributed by atoms with Crippen molar-refractivity contribution in [3.05, 3.63) is 35.4 Å². The summed E-state index contributed by atoms with van der Waals surface area (Å²) in [6.07, 6.45) is 1.46. The van der Waals surface area contributed by atoms with Crippen molar-refractivity contribution in [2.75, 3.05) is 18.8 Å². The summed E-state index contributed by atoms with van der Waals surface area (Å²) in [7, 11) is -3.48. The first-order chi connectivity index (χ1) is 9.44. The first kappa shape index (κ1) is 17.0. The summed E-state index contributed by atoms with van der Waals surface area (Å²) in [6.45, 7) is 3.25. The molecule has 0 radical (unpaired) electrons. The van der Waals surface area contributed by atoms with E-state index >= 15 is 0 Å². The van der Waals surface area contributed by atoms with E-state index in [2.05, 4.69) is 10.0 Å². The van der Waals surface area contributed by atoms with Crippen molar-refractivity contribution < 1.29 is 17.2 Å². The Hall–Kier alpha value is -1.05. The minimum absolute atomic E-state index is 0.00215. The van der Waals surface area contributed by atoms with Gasteiger partial charge in [0.2, 0.25) is 10.0 Å². The van der Waals surface area contributed by atoms with Crippen LogP contribution < -0.4 is 10.0 Å². The van der Waals surface area contributed by atoms with Crippen LogP contribution in [0.5, 0.6) is 0 Å². The summed E-state index contributed by atoms with van der Waals surface area (Å²) >= 11 is 0. The van der Waals surface area contributed by atoms with E-state index in [4.69, 9.17) is 0 Å². The van der Waals surface area contributed by atoms with Gasteiger partial charge in [-0.05, 0) is 44.1 Å². The molecule has 0 atom stereocenters. The summed E-state index contributed by atoms with van der Waals surface area (Å²) in [6, 6.07) is 2.96. The molecule has 20 heavy (non-hydrogen) atoms. The van der Waals surface area contributed by atoms with Gasteiger partial charge < -0.3 is 5.32 Å². The van der Waals surface area contributed by atoms with Crippen molar-refractivity contribution in [3.8, 4) is 0 Å². The van der Waals surface area contributed by atoms with Crippen LogP contribution in [-0.4, -0.2) is 27.3 Å². The zero-order valence-electron chi connectivity index (χ0n) is 11.5. The SMILES string of the molecule is CCCNCCCS(=O)(=O)NCc1cc(F)ccc1F. The molecule has 7 heteroatoms. The van der Waals surface area contributed by atoms with Crippen LogP contribution in [0, 0.1) is 11.6 Å². The number of benzene rings is 1. The maximum absolute atomic E-state index is 13.3. The van der Waals surface area contributed by atoms with Crippen LogP contribution in [0.15, 0.2) is 18.2 Å². The van der Waals surface area contributed by atoms with E-state index in [0.29, 0.717) is 13.0 Å². The molecule has 0 spiro atoms. The fourth-order valence-corrected chi connectivity index (χ4v) is 2.67. The van der Waals surface area contributed by atoms with E-state index in [-0.39, 0.29) is 17.9 Å². The first-order valence-corrected chi connectivity index (χ1v) is 8.22. The van der Waals surface area contributed by atoms with Gasteiger partial charge in [0.1, 0.15) is 11.6 Å². The maximum Gasteiger partial charge on any atom is 0.211 e. The first-order valence-electron chi connectivity index (χ1n) is 6.56. The zero-order chi connectivity index (χ0) is 15.0. The van der Waals surface area contributed by atoms with E-state index in [0.717, 1.165) is 31.2 Å². The minimum Gasteiger partial charge on any atom is -0.317 e. The summed E-state index contributed by atoms with van der Waals surface area (Å²) in [5.74, 6) is -1.26. The molecule has 1 aromatic rings. The maximum atomic E-state index is 13.3. The molecule has 0 unspecified atom stereocenters. The van der Waals surface area contributed by atoms with Crippen LogP contribution in [0.1, 0.15) is 25.3 Å². The predicted molar refractivity (Wildman–Crippen MR) is 74.8 cm³/mol. The molecule has 1 aromatic carbocycles. The highest BCUT2D eigenvalue weighted by atomic mass is 32.2. The van der Waals surface area contributed by atoms with Crippen LogP contribution in [0.4, 0.5) is 8.78 Å². The molecule has 0 aliphatic heterocycles. The molecular weight excluding hydrogens is 286 g/mol. The van der Waals surface area contributed by atoms with E-state index in [1.807, 2.05) is 6.92 Å². The molecule has 1 rings (SSSR count). The largest absolute Gasteiger partial charge is 0.317 e. The molecule has 0 amide bonds. The molecule has 4 nitrogen and oxygen atoms in total. The van der Waals surface area contributed by atoms with Gasteiger partial charge in [0.15, 0.2) is 0 Å². The second-order valence-corrected chi connectivity index (χ2v) is 6.41. The fraction of sp³-hybridized carbons (Fsp3) is 0.538. The number of hydrogen-bond donors (Lipinski definition) is 2. The highest BCUT2D eigenvalue weighted by Crippen LogP contribution is 2.09. The Morgan fingerprint density at radius 3 is 2.65 bits per heavy atom. The summed E-state index contributed by atoms with van der Waals surface area (Å²) in [5.41, 5.74) is -0.00215. The Kier molecular flexibility index (Phi) is 7.04. The van der Waals surface area contributed by atoms with Gasteiger partial charge >= 0.3 is 0 Å². The van der Waals surface area contributed by atoms with Gasteiger partial charge in [0.25, 0.3) is 0 Å². The topological polar surface area (TPSA) is 58.2 Å². The van der Waals surface area contributed by atoms with Crippen molar-refractivity contribution in [1.82, 2.24) is 10.0 Å². The number of sulfonamides is 1. The molecule has 0 saturated heterocycles. The third-order valence-electron chi connectivity index (χ3n) is 2.68. The molecule has 0 aliphatic carbocycles. The van der Waals surface area contributed by atoms with E-state index in [9.17, 15) is 17.2 Å². The highest BCUT2D eigenvalue weighted by molar-refractivity contribution is 7.89. The van der Waals surface area contributed by atoms with Gasteiger partial charge in [0.05, 0.1) is 5.75 Å². The van der Waals surface area contributed by atoms with Crippen molar-refractivity contribution in [3.63, 3.8) is 0 Å². The standard InChI is InChI=1S/C13H20F2N2O2S/c1-2-6-16-7-3-8-20(18,19)17-10-11-9-12(14)4-5-13(11)15/h4-5,9,16-17H,2-3,6-8,10H2,1H3. The third kappa shape index (κ3) is 6.40. The highest BCUT2D eigenvalue weighted by Gasteiger charge is 2.11. The predicted octanol–water partition coefficient (Wildman–Crippen LogP) is 1.77. The van der Waals surface area contributed by atoms with Crippen LogP contribution in [0.2, 0.25) is 0 Å². The average Bonchev–Trinajstić information content (AvgIpc) is 2.40. The zero-order valence-corrected chi connectivity index (χ0v) is 12.3. The quantitative estimate of drug-likeness (QED) is 0.684. The lowest BCUT2D eigenvalue weighted by atomic mass is 10.2. The molecule has 114 valence electrons. The molecule has 0 aromatic heterocycles. The molecule has 0 bridgehead atoms. The fourth-order valence-electron chi connectivity index (χ4n) is 1.63. The van der Waals surface area contributed by atoms with E-state index < -0.39 is 21.7 Å². The summed E-state index contributed by atoms with van der Waals surface area (Å²) in [5, 5.41) is 3.10. The molecule has 0 fully saturated rings. The lowest BCUT2D eigenvalue weighted by Crippen LogP contribution is -2.28. The minimum atomic E-state index is -3.48. The van der Waals surface area contributed by atoms with Crippen molar-refractivity contribution in [1.29, 1.82) is 0 Å². The molecule has 2 N–H and O–H groups in total. The second kappa shape index (κ2) is 8.28. The van der Waals surface area contributed by atoms with Gasteiger partial charge in [0, 0.05) is 12.1 Å². The van der Waals surface area contributed by atoms with Crippen LogP contribution in [-0.2, 0) is 16.6 Å². The number of hydrogen-bond acceptors (Lipinski definition) is 3.